The van der Waals surface area contributed by atoms with Crippen LogP contribution in [0.4, 0.5) is 0 Å². The second-order valence-corrected chi connectivity index (χ2v) is 5.85. The largest absolute Gasteiger partial charge is 0.492 e. The van der Waals surface area contributed by atoms with Crippen LogP contribution in [0.3, 0.4) is 0 Å². The van der Waals surface area contributed by atoms with E-state index in [9.17, 15) is 4.79 Å². The zero-order valence-corrected chi connectivity index (χ0v) is 14.0. The highest BCUT2D eigenvalue weighted by atomic mass is 79.9. The number of carboxylic acid groups (broad SMARTS) is 1. The number of aliphatic carboxylic acids is 1. The average molecular weight is 372 g/mol. The molecule has 0 saturated heterocycles. The van der Waals surface area contributed by atoms with Gasteiger partial charge >= 0.3 is 5.97 Å². The molecule has 1 heterocycles. The molecule has 0 spiro atoms. The van der Waals surface area contributed by atoms with E-state index in [4.69, 9.17) is 14.6 Å². The lowest BCUT2D eigenvalue weighted by Crippen LogP contribution is -2.00. The van der Waals surface area contributed by atoms with Crippen LogP contribution < -0.4 is 9.47 Å². The van der Waals surface area contributed by atoms with Crippen LogP contribution in [0.1, 0.15) is 12.6 Å². The quantitative estimate of drug-likeness (QED) is 0.839. The number of rotatable bonds is 6. The van der Waals surface area contributed by atoms with Crippen molar-refractivity contribution < 1.29 is 19.4 Å². The maximum atomic E-state index is 10.7. The number of carboxylic acids is 1. The lowest BCUT2D eigenvalue weighted by Gasteiger charge is -2.12. The molecule has 0 radical (unpaired) electrons. The van der Waals surface area contributed by atoms with E-state index in [0.717, 1.165) is 15.0 Å². The molecule has 2 aromatic rings. The molecule has 1 aromatic heterocycles. The van der Waals surface area contributed by atoms with Gasteiger partial charge in [-0.1, -0.05) is 0 Å². The standard InChI is InChI=1S/C14H14BrNO4S/c1-3-20-11-5-8(4-10(15)13(11)19-2)14-16-9(7-21-14)6-12(17)18/h4-5,7H,3,6H2,1-2H3,(H,17,18). The third kappa shape index (κ3) is 3.74. The third-order valence-electron chi connectivity index (χ3n) is 2.64. The summed E-state index contributed by atoms with van der Waals surface area (Å²) in [5.74, 6) is 0.361. The van der Waals surface area contributed by atoms with Crippen molar-refractivity contribution in [1.82, 2.24) is 4.98 Å². The first kappa shape index (κ1) is 15.8. The molecule has 0 unspecified atom stereocenters. The maximum absolute atomic E-state index is 10.7. The van der Waals surface area contributed by atoms with Crippen LogP contribution in [0.2, 0.25) is 0 Å². The van der Waals surface area contributed by atoms with E-state index < -0.39 is 5.97 Å². The Balaban J connectivity index is 2.39. The average Bonchev–Trinajstić information content (AvgIpc) is 2.86. The van der Waals surface area contributed by atoms with Crippen molar-refractivity contribution in [2.75, 3.05) is 13.7 Å². The Hall–Kier alpha value is -1.60. The summed E-state index contributed by atoms with van der Waals surface area (Å²) in [7, 11) is 1.58. The van der Waals surface area contributed by atoms with E-state index in [-0.39, 0.29) is 6.42 Å². The lowest BCUT2D eigenvalue weighted by molar-refractivity contribution is -0.136. The van der Waals surface area contributed by atoms with E-state index in [1.807, 2.05) is 19.1 Å². The fraction of sp³-hybridized carbons (Fsp3) is 0.286. The van der Waals surface area contributed by atoms with Gasteiger partial charge in [0.05, 0.1) is 30.3 Å². The number of hydrogen-bond acceptors (Lipinski definition) is 5. The number of hydrogen-bond donors (Lipinski definition) is 1. The Morgan fingerprint density at radius 2 is 2.24 bits per heavy atom. The van der Waals surface area contributed by atoms with E-state index in [0.29, 0.717) is 23.8 Å². The van der Waals surface area contributed by atoms with Crippen molar-refractivity contribution in [3.8, 4) is 22.1 Å². The van der Waals surface area contributed by atoms with Gasteiger partial charge < -0.3 is 14.6 Å². The molecule has 0 aliphatic heterocycles. The Labute approximate surface area is 134 Å². The van der Waals surface area contributed by atoms with Crippen LogP contribution in [0.15, 0.2) is 22.0 Å². The van der Waals surface area contributed by atoms with Gasteiger partial charge in [-0.3, -0.25) is 4.79 Å². The number of nitrogens with zero attached hydrogens (tertiary/aromatic N) is 1. The highest BCUT2D eigenvalue weighted by Gasteiger charge is 2.14. The summed E-state index contributed by atoms with van der Waals surface area (Å²) in [6.45, 7) is 2.42. The van der Waals surface area contributed by atoms with Crippen molar-refractivity contribution in [3.05, 3.63) is 27.7 Å². The lowest BCUT2D eigenvalue weighted by atomic mass is 10.2. The number of benzene rings is 1. The van der Waals surface area contributed by atoms with Crippen LogP contribution in [-0.4, -0.2) is 29.8 Å². The van der Waals surface area contributed by atoms with Gasteiger partial charge in [-0.25, -0.2) is 4.98 Å². The molecule has 2 rings (SSSR count). The predicted molar refractivity (Wildman–Crippen MR) is 84.3 cm³/mol. The summed E-state index contributed by atoms with van der Waals surface area (Å²) < 4.78 is 11.6. The van der Waals surface area contributed by atoms with Crippen molar-refractivity contribution in [3.63, 3.8) is 0 Å². The molecule has 0 atom stereocenters. The Kier molecular flexibility index (Phi) is 5.19. The molecule has 112 valence electrons. The van der Waals surface area contributed by atoms with Gasteiger partial charge in [-0.2, -0.15) is 0 Å². The topological polar surface area (TPSA) is 68.7 Å². The van der Waals surface area contributed by atoms with Crippen LogP contribution in [-0.2, 0) is 11.2 Å². The Morgan fingerprint density at radius 3 is 2.86 bits per heavy atom. The number of ether oxygens (including phenoxy) is 2. The minimum absolute atomic E-state index is 0.0772. The minimum atomic E-state index is -0.891. The third-order valence-corrected chi connectivity index (χ3v) is 4.17. The van der Waals surface area contributed by atoms with Crippen LogP contribution in [0.5, 0.6) is 11.5 Å². The normalized spacial score (nSPS) is 10.4. The van der Waals surface area contributed by atoms with E-state index >= 15 is 0 Å². The summed E-state index contributed by atoms with van der Waals surface area (Å²) in [6.07, 6.45) is -0.0772. The molecule has 5 nitrogen and oxygen atoms in total. The highest BCUT2D eigenvalue weighted by molar-refractivity contribution is 9.10. The molecule has 0 amide bonds. The molecule has 7 heteroatoms. The van der Waals surface area contributed by atoms with Gasteiger partial charge in [0.25, 0.3) is 0 Å². The molecule has 0 aliphatic rings. The van der Waals surface area contributed by atoms with Crippen molar-refractivity contribution in [2.24, 2.45) is 0 Å². The first-order valence-electron chi connectivity index (χ1n) is 6.22. The molecule has 0 saturated carbocycles. The predicted octanol–water partition coefficient (Wildman–Crippen LogP) is 3.61. The Morgan fingerprint density at radius 1 is 1.48 bits per heavy atom. The summed E-state index contributed by atoms with van der Waals surface area (Å²) in [4.78, 5) is 15.1. The van der Waals surface area contributed by atoms with Crippen molar-refractivity contribution >= 4 is 33.2 Å². The number of aromatic nitrogens is 1. The van der Waals surface area contributed by atoms with Crippen LogP contribution >= 0.6 is 27.3 Å². The molecule has 0 bridgehead atoms. The zero-order chi connectivity index (χ0) is 15.4. The van der Waals surface area contributed by atoms with E-state index in [1.54, 1.807) is 12.5 Å². The van der Waals surface area contributed by atoms with Gasteiger partial charge in [0.2, 0.25) is 0 Å². The van der Waals surface area contributed by atoms with Gasteiger partial charge in [0, 0.05) is 10.9 Å². The van der Waals surface area contributed by atoms with Gasteiger partial charge in [-0.15, -0.1) is 11.3 Å². The van der Waals surface area contributed by atoms with Crippen molar-refractivity contribution in [1.29, 1.82) is 0 Å². The highest BCUT2D eigenvalue weighted by Crippen LogP contribution is 2.40. The second kappa shape index (κ2) is 6.91. The molecule has 0 aliphatic carbocycles. The molecular formula is C14H14BrNO4S. The number of methoxy groups -OCH3 is 1. The number of carbonyl (C=O) groups is 1. The SMILES string of the molecule is CCOc1cc(-c2nc(CC(=O)O)cs2)cc(Br)c1OC. The van der Waals surface area contributed by atoms with Crippen LogP contribution in [0.25, 0.3) is 10.6 Å². The molecule has 1 N–H and O–H groups in total. The molecule has 21 heavy (non-hydrogen) atoms. The summed E-state index contributed by atoms with van der Waals surface area (Å²) >= 11 is 4.85. The monoisotopic (exact) mass is 371 g/mol. The van der Waals surface area contributed by atoms with Gasteiger partial charge in [0.15, 0.2) is 11.5 Å². The van der Waals surface area contributed by atoms with E-state index in [1.165, 1.54) is 11.3 Å². The minimum Gasteiger partial charge on any atom is -0.492 e. The van der Waals surface area contributed by atoms with Gasteiger partial charge in [-0.05, 0) is 35.0 Å². The molecular weight excluding hydrogens is 358 g/mol. The molecule has 1 aromatic carbocycles. The zero-order valence-electron chi connectivity index (χ0n) is 11.6. The van der Waals surface area contributed by atoms with Gasteiger partial charge in [0.1, 0.15) is 5.01 Å². The van der Waals surface area contributed by atoms with E-state index in [2.05, 4.69) is 20.9 Å². The fourth-order valence-corrected chi connectivity index (χ4v) is 3.24. The maximum Gasteiger partial charge on any atom is 0.309 e. The summed E-state index contributed by atoms with van der Waals surface area (Å²) in [5.41, 5.74) is 1.40. The smallest absolute Gasteiger partial charge is 0.309 e. The molecule has 0 fully saturated rings. The van der Waals surface area contributed by atoms with Crippen LogP contribution in [0, 0.1) is 0 Å². The van der Waals surface area contributed by atoms with Crippen molar-refractivity contribution in [2.45, 2.75) is 13.3 Å². The first-order chi connectivity index (χ1) is 10.0. The first-order valence-corrected chi connectivity index (χ1v) is 7.89. The number of halogens is 1. The summed E-state index contributed by atoms with van der Waals surface area (Å²) in [6, 6.07) is 3.72. The number of thiazole rings is 1. The Bertz CT molecular complexity index is 656. The fourth-order valence-electron chi connectivity index (χ4n) is 1.83. The second-order valence-electron chi connectivity index (χ2n) is 4.14. The summed E-state index contributed by atoms with van der Waals surface area (Å²) in [5, 5.41) is 11.3.